The summed E-state index contributed by atoms with van der Waals surface area (Å²) in [6.45, 7) is 5.61. The molecule has 0 radical (unpaired) electrons. The lowest BCUT2D eigenvalue weighted by Gasteiger charge is -2.15. The van der Waals surface area contributed by atoms with E-state index in [4.69, 9.17) is 5.11 Å². The first-order valence-electron chi connectivity index (χ1n) is 6.84. The minimum atomic E-state index is -3.54. The molecule has 0 saturated heterocycles. The highest BCUT2D eigenvalue weighted by atomic mass is 32.2. The Morgan fingerprint density at radius 3 is 2.43 bits per heavy atom. The Morgan fingerprint density at radius 1 is 1.33 bits per heavy atom. The van der Waals surface area contributed by atoms with Gasteiger partial charge in [0, 0.05) is 12.1 Å². The minimum absolute atomic E-state index is 0.0816. The van der Waals surface area contributed by atoms with E-state index in [1.165, 1.54) is 12.1 Å². The summed E-state index contributed by atoms with van der Waals surface area (Å²) in [6, 6.07) is 4.56. The maximum absolute atomic E-state index is 12.3. The van der Waals surface area contributed by atoms with Gasteiger partial charge in [0.15, 0.2) is 0 Å². The van der Waals surface area contributed by atoms with Crippen molar-refractivity contribution in [1.82, 2.24) is 4.72 Å². The van der Waals surface area contributed by atoms with Crippen LogP contribution in [0.5, 0.6) is 0 Å². The molecular weight excluding hydrogens is 290 g/mol. The molecule has 1 aromatic carbocycles. The van der Waals surface area contributed by atoms with Crippen LogP contribution in [0.25, 0.3) is 6.08 Å². The van der Waals surface area contributed by atoms with Gasteiger partial charge in [-0.1, -0.05) is 19.9 Å². The van der Waals surface area contributed by atoms with Crippen LogP contribution in [0.2, 0.25) is 0 Å². The van der Waals surface area contributed by atoms with Crippen molar-refractivity contribution in [3.8, 4) is 0 Å². The number of carboxylic acids is 1. The van der Waals surface area contributed by atoms with E-state index < -0.39 is 16.0 Å². The molecule has 116 valence electrons. The van der Waals surface area contributed by atoms with Crippen molar-refractivity contribution in [1.29, 1.82) is 0 Å². The largest absolute Gasteiger partial charge is 0.478 e. The second-order valence-corrected chi connectivity index (χ2v) is 6.54. The number of aryl methyl sites for hydroxylation is 1. The highest BCUT2D eigenvalue weighted by molar-refractivity contribution is 7.89. The minimum Gasteiger partial charge on any atom is -0.478 e. The highest BCUT2D eigenvalue weighted by Gasteiger charge is 2.18. The summed E-state index contributed by atoms with van der Waals surface area (Å²) in [4.78, 5) is 10.7. The number of hydrogen-bond acceptors (Lipinski definition) is 3. The van der Waals surface area contributed by atoms with Crippen molar-refractivity contribution >= 4 is 22.1 Å². The van der Waals surface area contributed by atoms with Crippen LogP contribution in [0.15, 0.2) is 29.2 Å². The van der Waals surface area contributed by atoms with Gasteiger partial charge in [0.05, 0.1) is 4.90 Å². The molecule has 0 saturated carbocycles. The van der Waals surface area contributed by atoms with Gasteiger partial charge in [-0.2, -0.15) is 0 Å². The van der Waals surface area contributed by atoms with Crippen LogP contribution in [0, 0.1) is 6.92 Å². The number of carboxylic acid groups (broad SMARTS) is 1. The van der Waals surface area contributed by atoms with E-state index in [1.54, 1.807) is 19.1 Å². The zero-order valence-corrected chi connectivity index (χ0v) is 13.3. The van der Waals surface area contributed by atoms with Crippen LogP contribution in [0.4, 0.5) is 0 Å². The van der Waals surface area contributed by atoms with E-state index in [1.807, 2.05) is 13.8 Å². The van der Waals surface area contributed by atoms with Gasteiger partial charge in [0.2, 0.25) is 10.0 Å². The fourth-order valence-corrected chi connectivity index (χ4v) is 3.39. The van der Waals surface area contributed by atoms with Crippen LogP contribution in [0.1, 0.15) is 37.8 Å². The van der Waals surface area contributed by atoms with E-state index in [2.05, 4.69) is 4.72 Å². The number of aliphatic carboxylic acids is 1. The molecule has 0 spiro atoms. The molecule has 1 aromatic rings. The third-order valence-corrected chi connectivity index (χ3v) is 4.78. The maximum atomic E-state index is 12.3. The average Bonchev–Trinajstić information content (AvgIpc) is 2.43. The normalized spacial score (nSPS) is 12.2. The van der Waals surface area contributed by atoms with Crippen molar-refractivity contribution in [2.24, 2.45) is 0 Å². The Bertz CT molecular complexity index is 631. The highest BCUT2D eigenvalue weighted by Crippen LogP contribution is 2.17. The molecule has 21 heavy (non-hydrogen) atoms. The Balaban J connectivity index is 3.05. The van der Waals surface area contributed by atoms with Gasteiger partial charge in [-0.05, 0) is 49.1 Å². The standard InChI is InChI=1S/C15H21NO4S/c1-4-13(5-2)16-21(19,20)14-8-6-12(11(3)10-14)7-9-15(17)18/h6-10,13,16H,4-5H2,1-3H3,(H,17,18). The zero-order chi connectivity index (χ0) is 16.0. The van der Waals surface area contributed by atoms with E-state index in [0.717, 1.165) is 18.9 Å². The summed E-state index contributed by atoms with van der Waals surface area (Å²) >= 11 is 0. The van der Waals surface area contributed by atoms with Crippen molar-refractivity contribution in [2.75, 3.05) is 0 Å². The monoisotopic (exact) mass is 311 g/mol. The molecule has 0 bridgehead atoms. The molecule has 5 nitrogen and oxygen atoms in total. The van der Waals surface area contributed by atoms with Crippen molar-refractivity contribution in [2.45, 2.75) is 44.6 Å². The summed E-state index contributed by atoms with van der Waals surface area (Å²) < 4.78 is 27.2. The van der Waals surface area contributed by atoms with Gasteiger partial charge in [0.1, 0.15) is 0 Å². The summed E-state index contributed by atoms with van der Waals surface area (Å²) in [6.07, 6.45) is 3.93. The second kappa shape index (κ2) is 7.38. The molecule has 0 aliphatic rings. The molecule has 0 amide bonds. The van der Waals surface area contributed by atoms with Crippen molar-refractivity contribution in [3.05, 3.63) is 35.4 Å². The maximum Gasteiger partial charge on any atom is 0.328 e. The molecule has 0 unspecified atom stereocenters. The SMILES string of the molecule is CCC(CC)NS(=O)(=O)c1ccc(C=CC(=O)O)c(C)c1. The summed E-state index contributed by atoms with van der Waals surface area (Å²) in [7, 11) is -3.54. The lowest BCUT2D eigenvalue weighted by molar-refractivity contribution is -0.131. The summed E-state index contributed by atoms with van der Waals surface area (Å²) in [5.41, 5.74) is 1.39. The average molecular weight is 311 g/mol. The van der Waals surface area contributed by atoms with Crippen LogP contribution in [-0.2, 0) is 14.8 Å². The van der Waals surface area contributed by atoms with Crippen LogP contribution in [0.3, 0.4) is 0 Å². The van der Waals surface area contributed by atoms with Crippen LogP contribution < -0.4 is 4.72 Å². The van der Waals surface area contributed by atoms with Crippen molar-refractivity contribution in [3.63, 3.8) is 0 Å². The zero-order valence-electron chi connectivity index (χ0n) is 12.5. The fraction of sp³-hybridized carbons (Fsp3) is 0.400. The van der Waals surface area contributed by atoms with Gasteiger partial charge >= 0.3 is 5.97 Å². The number of sulfonamides is 1. The Morgan fingerprint density at radius 2 is 1.95 bits per heavy atom. The topological polar surface area (TPSA) is 83.5 Å². The molecule has 0 aliphatic carbocycles. The lowest BCUT2D eigenvalue weighted by atomic mass is 10.1. The van der Waals surface area contributed by atoms with Gasteiger partial charge in [-0.3, -0.25) is 0 Å². The number of hydrogen-bond donors (Lipinski definition) is 2. The first-order valence-corrected chi connectivity index (χ1v) is 8.32. The Kier molecular flexibility index (Phi) is 6.11. The molecule has 0 aliphatic heterocycles. The smallest absolute Gasteiger partial charge is 0.328 e. The molecule has 2 N–H and O–H groups in total. The quantitative estimate of drug-likeness (QED) is 0.758. The van der Waals surface area contributed by atoms with Crippen LogP contribution in [-0.4, -0.2) is 25.5 Å². The second-order valence-electron chi connectivity index (χ2n) is 4.82. The number of benzene rings is 1. The molecular formula is C15H21NO4S. The molecule has 0 heterocycles. The fourth-order valence-electron chi connectivity index (χ4n) is 1.91. The van der Waals surface area contributed by atoms with E-state index in [9.17, 15) is 13.2 Å². The Hall–Kier alpha value is -1.66. The third-order valence-electron chi connectivity index (χ3n) is 3.26. The van der Waals surface area contributed by atoms with E-state index in [0.29, 0.717) is 11.1 Å². The predicted molar refractivity (Wildman–Crippen MR) is 82.5 cm³/mol. The summed E-state index contributed by atoms with van der Waals surface area (Å²) in [5, 5.41) is 8.61. The number of carbonyl (C=O) groups is 1. The molecule has 0 fully saturated rings. The van der Waals surface area contributed by atoms with E-state index in [-0.39, 0.29) is 10.9 Å². The number of rotatable bonds is 7. The summed E-state index contributed by atoms with van der Waals surface area (Å²) in [5.74, 6) is -1.04. The van der Waals surface area contributed by atoms with Crippen LogP contribution >= 0.6 is 0 Å². The van der Waals surface area contributed by atoms with Gasteiger partial charge in [-0.15, -0.1) is 0 Å². The first-order chi connectivity index (χ1) is 9.80. The first kappa shape index (κ1) is 17.4. The number of nitrogens with one attached hydrogen (secondary N) is 1. The molecule has 6 heteroatoms. The van der Waals surface area contributed by atoms with Crippen molar-refractivity contribution < 1.29 is 18.3 Å². The predicted octanol–water partition coefficient (Wildman–Crippen LogP) is 2.56. The van der Waals surface area contributed by atoms with Gasteiger partial charge in [-0.25, -0.2) is 17.9 Å². The van der Waals surface area contributed by atoms with Gasteiger partial charge in [0.25, 0.3) is 0 Å². The molecule has 0 aromatic heterocycles. The van der Waals surface area contributed by atoms with E-state index >= 15 is 0 Å². The van der Waals surface area contributed by atoms with Gasteiger partial charge < -0.3 is 5.11 Å². The molecule has 1 rings (SSSR count). The Labute approximate surface area is 125 Å². The molecule has 0 atom stereocenters. The third kappa shape index (κ3) is 4.99. The lowest BCUT2D eigenvalue weighted by Crippen LogP contribution is -2.33.